The highest BCUT2D eigenvalue weighted by Crippen LogP contribution is 2.56. The summed E-state index contributed by atoms with van der Waals surface area (Å²) < 4.78 is 33.9. The van der Waals surface area contributed by atoms with Crippen LogP contribution in [-0.2, 0) is 14.3 Å². The predicted octanol–water partition coefficient (Wildman–Crippen LogP) is 5.13. The average molecular weight is 549 g/mol. The Balaban J connectivity index is 1.71. The van der Waals surface area contributed by atoms with Crippen LogP contribution >= 0.6 is 0 Å². The molecule has 9 nitrogen and oxygen atoms in total. The Morgan fingerprint density at radius 2 is 1.65 bits per heavy atom. The lowest BCUT2D eigenvalue weighted by Crippen LogP contribution is -2.27. The molecular weight excluding hydrogens is 516 g/mol. The minimum absolute atomic E-state index is 0.137. The van der Waals surface area contributed by atoms with E-state index in [1.54, 1.807) is 19.1 Å². The predicted molar refractivity (Wildman–Crippen MR) is 145 cm³/mol. The van der Waals surface area contributed by atoms with Gasteiger partial charge in [0.25, 0.3) is 0 Å². The van der Waals surface area contributed by atoms with Gasteiger partial charge in [0.2, 0.25) is 6.79 Å². The summed E-state index contributed by atoms with van der Waals surface area (Å²) in [6.45, 7) is 4.16. The van der Waals surface area contributed by atoms with Crippen molar-refractivity contribution < 1.29 is 43.1 Å². The minimum atomic E-state index is -1.11. The quantitative estimate of drug-likeness (QED) is 0.326. The standard InChI is InChI=1S/C31H32O9/c1-4-12-37-20-8-9-21-23(14-20)29(22-10-7-19(35-3)15-25(22)38-16-27(32)33)30(31(34)36-5-2)28(21)18-6-11-24-26(13-18)40-17-39-24/h6-11,13-15,28-30H,4-5,12,16-17H2,1-3H3,(H,32,33)/t28-,29+,30+/m0/s1. The molecule has 0 unspecified atom stereocenters. The van der Waals surface area contributed by atoms with Gasteiger partial charge in [0, 0.05) is 23.5 Å². The van der Waals surface area contributed by atoms with Gasteiger partial charge in [0.1, 0.15) is 17.2 Å². The first-order chi connectivity index (χ1) is 19.4. The molecule has 3 aromatic carbocycles. The maximum atomic E-state index is 13.8. The summed E-state index contributed by atoms with van der Waals surface area (Å²) in [5.41, 5.74) is 3.33. The summed E-state index contributed by atoms with van der Waals surface area (Å²) in [6, 6.07) is 16.8. The number of carboxylic acid groups (broad SMARTS) is 1. The average Bonchev–Trinajstić information content (AvgIpc) is 3.56. The van der Waals surface area contributed by atoms with Gasteiger partial charge in [-0.15, -0.1) is 0 Å². The Morgan fingerprint density at radius 1 is 0.875 bits per heavy atom. The highest BCUT2D eigenvalue weighted by atomic mass is 16.7. The van der Waals surface area contributed by atoms with Crippen molar-refractivity contribution >= 4 is 11.9 Å². The van der Waals surface area contributed by atoms with Crippen LogP contribution in [0.15, 0.2) is 54.6 Å². The van der Waals surface area contributed by atoms with Crippen LogP contribution in [0.25, 0.3) is 0 Å². The molecule has 1 N–H and O–H groups in total. The molecular formula is C31H32O9. The summed E-state index contributed by atoms with van der Waals surface area (Å²) in [5.74, 6) is -0.318. The van der Waals surface area contributed by atoms with Gasteiger partial charge >= 0.3 is 11.9 Å². The number of carboxylic acids is 1. The molecule has 0 aromatic heterocycles. The van der Waals surface area contributed by atoms with Crippen molar-refractivity contribution in [3.63, 3.8) is 0 Å². The molecule has 1 aliphatic carbocycles. The molecule has 1 heterocycles. The molecule has 0 spiro atoms. The highest BCUT2D eigenvalue weighted by molar-refractivity contribution is 5.80. The number of hydrogen-bond acceptors (Lipinski definition) is 8. The van der Waals surface area contributed by atoms with Crippen LogP contribution in [0.2, 0.25) is 0 Å². The molecule has 0 saturated carbocycles. The fourth-order valence-electron chi connectivity index (χ4n) is 5.52. The zero-order valence-electron chi connectivity index (χ0n) is 22.7. The number of carbonyl (C=O) groups is 2. The number of hydrogen-bond donors (Lipinski definition) is 1. The zero-order valence-corrected chi connectivity index (χ0v) is 22.7. The van der Waals surface area contributed by atoms with E-state index in [0.29, 0.717) is 40.9 Å². The van der Waals surface area contributed by atoms with Crippen molar-refractivity contribution in [3.05, 3.63) is 76.9 Å². The van der Waals surface area contributed by atoms with E-state index in [0.717, 1.165) is 23.1 Å². The third kappa shape index (κ3) is 5.23. The van der Waals surface area contributed by atoms with Crippen LogP contribution in [-0.4, -0.2) is 50.8 Å². The molecule has 2 aliphatic rings. The Labute approximate surface area is 232 Å². The Morgan fingerprint density at radius 3 is 2.40 bits per heavy atom. The zero-order chi connectivity index (χ0) is 28.2. The maximum Gasteiger partial charge on any atom is 0.341 e. The summed E-state index contributed by atoms with van der Waals surface area (Å²) in [7, 11) is 1.52. The lowest BCUT2D eigenvalue weighted by Gasteiger charge is -2.26. The smallest absolute Gasteiger partial charge is 0.341 e. The molecule has 40 heavy (non-hydrogen) atoms. The summed E-state index contributed by atoms with van der Waals surface area (Å²) >= 11 is 0. The number of benzene rings is 3. The van der Waals surface area contributed by atoms with E-state index in [9.17, 15) is 14.7 Å². The molecule has 210 valence electrons. The second kappa shape index (κ2) is 11.8. The van der Waals surface area contributed by atoms with Crippen molar-refractivity contribution in [1.82, 2.24) is 0 Å². The van der Waals surface area contributed by atoms with Crippen LogP contribution in [0.1, 0.15) is 54.4 Å². The molecule has 3 aromatic rings. The molecule has 5 rings (SSSR count). The van der Waals surface area contributed by atoms with E-state index in [4.69, 9.17) is 28.4 Å². The van der Waals surface area contributed by atoms with Crippen LogP contribution in [0.5, 0.6) is 28.7 Å². The maximum absolute atomic E-state index is 13.8. The molecule has 1 aliphatic heterocycles. The van der Waals surface area contributed by atoms with E-state index in [1.165, 1.54) is 7.11 Å². The van der Waals surface area contributed by atoms with Crippen LogP contribution < -0.4 is 23.7 Å². The van der Waals surface area contributed by atoms with Crippen molar-refractivity contribution in [1.29, 1.82) is 0 Å². The number of ether oxygens (including phenoxy) is 6. The number of esters is 1. The van der Waals surface area contributed by atoms with Gasteiger partial charge < -0.3 is 33.5 Å². The SMILES string of the molecule is CCCOc1ccc2c(c1)[C@@H](c1ccc(OC)cc1OCC(=O)O)[C@H](C(=O)OCC)[C@H]2c1ccc2c(c1)OCO2. The molecule has 9 heteroatoms. The Bertz CT molecular complexity index is 1400. The number of carbonyl (C=O) groups excluding carboxylic acids is 1. The first-order valence-electron chi connectivity index (χ1n) is 13.3. The van der Waals surface area contributed by atoms with Crippen molar-refractivity contribution in [3.8, 4) is 28.7 Å². The van der Waals surface area contributed by atoms with Gasteiger partial charge in [0.15, 0.2) is 18.1 Å². The van der Waals surface area contributed by atoms with Crippen molar-refractivity contribution in [2.75, 3.05) is 33.7 Å². The van der Waals surface area contributed by atoms with E-state index in [-0.39, 0.29) is 25.3 Å². The molecule has 0 amide bonds. The van der Waals surface area contributed by atoms with Gasteiger partial charge in [-0.2, -0.15) is 0 Å². The lowest BCUT2D eigenvalue weighted by molar-refractivity contribution is -0.148. The third-order valence-corrected chi connectivity index (χ3v) is 7.14. The van der Waals surface area contributed by atoms with Gasteiger partial charge in [-0.05, 0) is 60.4 Å². The largest absolute Gasteiger partial charge is 0.497 e. The normalized spacial score (nSPS) is 18.6. The molecule has 0 radical (unpaired) electrons. The van der Waals surface area contributed by atoms with Crippen molar-refractivity contribution in [2.24, 2.45) is 5.92 Å². The number of aliphatic carboxylic acids is 1. The monoisotopic (exact) mass is 548 g/mol. The number of fused-ring (bicyclic) bond motifs is 2. The fraction of sp³-hybridized carbons (Fsp3) is 0.355. The highest BCUT2D eigenvalue weighted by Gasteiger charge is 2.48. The summed E-state index contributed by atoms with van der Waals surface area (Å²) in [5, 5.41) is 9.34. The number of methoxy groups -OCH3 is 1. The molecule has 0 fully saturated rings. The molecule has 0 bridgehead atoms. The van der Waals surface area contributed by atoms with Crippen molar-refractivity contribution in [2.45, 2.75) is 32.1 Å². The summed E-state index contributed by atoms with van der Waals surface area (Å²) in [6.07, 6.45) is 0.845. The van der Waals surface area contributed by atoms with Gasteiger partial charge in [-0.1, -0.05) is 25.1 Å². The van der Waals surface area contributed by atoms with E-state index >= 15 is 0 Å². The molecule has 0 saturated heterocycles. The second-order valence-electron chi connectivity index (χ2n) is 9.57. The fourth-order valence-corrected chi connectivity index (χ4v) is 5.52. The first-order valence-corrected chi connectivity index (χ1v) is 13.3. The first kappa shape index (κ1) is 27.2. The Kier molecular flexibility index (Phi) is 8.00. The number of rotatable bonds is 11. The van der Waals surface area contributed by atoms with Crippen LogP contribution in [0.3, 0.4) is 0 Å². The lowest BCUT2D eigenvalue weighted by atomic mass is 9.79. The Hall–Kier alpha value is -4.40. The minimum Gasteiger partial charge on any atom is -0.497 e. The summed E-state index contributed by atoms with van der Waals surface area (Å²) in [4.78, 5) is 25.2. The topological polar surface area (TPSA) is 110 Å². The van der Waals surface area contributed by atoms with Gasteiger partial charge in [-0.3, -0.25) is 4.79 Å². The third-order valence-electron chi connectivity index (χ3n) is 7.14. The van der Waals surface area contributed by atoms with Gasteiger partial charge in [-0.25, -0.2) is 4.79 Å². The van der Waals surface area contributed by atoms with E-state index in [2.05, 4.69) is 0 Å². The van der Waals surface area contributed by atoms with E-state index < -0.39 is 24.4 Å². The second-order valence-corrected chi connectivity index (χ2v) is 9.57. The molecule has 3 atom stereocenters. The van der Waals surface area contributed by atoms with E-state index in [1.807, 2.05) is 49.4 Å². The van der Waals surface area contributed by atoms with Crippen LogP contribution in [0, 0.1) is 5.92 Å². The van der Waals surface area contributed by atoms with Gasteiger partial charge in [0.05, 0.1) is 26.2 Å². The van der Waals surface area contributed by atoms with Crippen LogP contribution in [0.4, 0.5) is 0 Å².